The third kappa shape index (κ3) is 10.7. The first kappa shape index (κ1) is 38.6. The average Bonchev–Trinajstić information content (AvgIpc) is 3.63. The number of nitrogens with one attached hydrogen (secondary N) is 1. The van der Waals surface area contributed by atoms with Crippen molar-refractivity contribution < 1.29 is 36.6 Å². The fourth-order valence-corrected chi connectivity index (χ4v) is 7.31. The molecule has 2 N–H and O–H groups in total. The minimum Gasteiger partial charge on any atom is -0.483 e. The normalized spacial score (nSPS) is 20.7. The standard InChI is InChI=1S/C33H37F2N5OS.C2H3F3.CH2O2/c1-21-36-31-19-28(12-13-32(31)38(21)2)42-39(3)26-10-8-22(9-11-26)23-16-24(18-27(17-23)40-15-14-25(34)20-40)33(41)37-30-7-5-4-6-29(30)35;1-2(3,4)5;2-1-3/h4-13,19,23-25,27H,14-18,20H2,1-3H3,(H,37,41);1H3;1H,(H,2,3). The van der Waals surface area contributed by atoms with Gasteiger partial charge in [0.05, 0.1) is 16.7 Å². The fraction of sp³-hybridized carbons (Fsp3) is 0.417. The molecule has 2 aliphatic rings. The SMILES string of the molecule is CC(F)(F)F.Cc1nc2cc(SN(C)c3ccc(C4CC(C(=O)Nc5ccccc5F)CC(N5CCC(F)C5)C4)cc3)ccc2n1C.O=CO. The number of rotatable bonds is 7. The molecule has 6 rings (SSSR count). The lowest BCUT2D eigenvalue weighted by atomic mass is 9.74. The highest BCUT2D eigenvalue weighted by Crippen LogP contribution is 2.41. The molecule has 1 aromatic heterocycles. The molecule has 1 aliphatic heterocycles. The molecule has 2 fully saturated rings. The number of alkyl halides is 4. The van der Waals surface area contributed by atoms with Gasteiger partial charge in [0.15, 0.2) is 0 Å². The number of aromatic nitrogens is 2. The van der Waals surface area contributed by atoms with Crippen LogP contribution in [0.3, 0.4) is 0 Å². The molecule has 2 heterocycles. The van der Waals surface area contributed by atoms with Gasteiger partial charge in [0, 0.05) is 56.7 Å². The number of fused-ring (bicyclic) bond motifs is 1. The van der Waals surface area contributed by atoms with Crippen molar-refractivity contribution in [1.29, 1.82) is 0 Å². The number of para-hydroxylation sites is 1. The summed E-state index contributed by atoms with van der Waals surface area (Å²) in [5, 5.41) is 9.70. The molecule has 1 saturated heterocycles. The molecule has 1 aliphatic carbocycles. The lowest BCUT2D eigenvalue weighted by Gasteiger charge is -2.39. The van der Waals surface area contributed by atoms with Crippen LogP contribution in [0.4, 0.5) is 33.3 Å². The van der Waals surface area contributed by atoms with Crippen LogP contribution in [-0.2, 0) is 16.6 Å². The molecule has 0 bridgehead atoms. The maximum Gasteiger partial charge on any atom is 0.386 e. The van der Waals surface area contributed by atoms with Crippen molar-refractivity contribution in [3.63, 3.8) is 0 Å². The summed E-state index contributed by atoms with van der Waals surface area (Å²) in [4.78, 5) is 29.7. The number of aryl methyl sites for hydroxylation is 2. The van der Waals surface area contributed by atoms with Crippen molar-refractivity contribution in [2.45, 2.75) is 68.7 Å². The van der Waals surface area contributed by atoms with Gasteiger partial charge < -0.3 is 19.3 Å². The smallest absolute Gasteiger partial charge is 0.386 e. The Hall–Kier alpha value is -4.17. The molecular formula is C36H42F5N5O3S. The van der Waals surface area contributed by atoms with Crippen molar-refractivity contribution in [1.82, 2.24) is 14.5 Å². The highest BCUT2D eigenvalue weighted by molar-refractivity contribution is 8.00. The number of imidazole rings is 1. The van der Waals surface area contributed by atoms with Crippen LogP contribution < -0.4 is 9.62 Å². The number of nitrogens with zero attached hydrogens (tertiary/aromatic N) is 4. The Morgan fingerprint density at radius 2 is 1.74 bits per heavy atom. The van der Waals surface area contributed by atoms with Gasteiger partial charge in [-0.15, -0.1) is 0 Å². The summed E-state index contributed by atoms with van der Waals surface area (Å²) in [5.74, 6) is 0.249. The van der Waals surface area contributed by atoms with Crippen molar-refractivity contribution in [3.8, 4) is 0 Å². The highest BCUT2D eigenvalue weighted by atomic mass is 32.2. The van der Waals surface area contributed by atoms with E-state index in [1.165, 1.54) is 11.6 Å². The molecule has 1 amide bonds. The Morgan fingerprint density at radius 3 is 2.36 bits per heavy atom. The zero-order valence-electron chi connectivity index (χ0n) is 28.3. The second-order valence-corrected chi connectivity index (χ2v) is 13.7. The van der Waals surface area contributed by atoms with Gasteiger partial charge in [-0.1, -0.05) is 24.3 Å². The Balaban J connectivity index is 0.000000637. The number of amides is 1. The number of anilines is 2. The van der Waals surface area contributed by atoms with Gasteiger partial charge in [-0.3, -0.25) is 14.5 Å². The van der Waals surface area contributed by atoms with E-state index >= 15 is 0 Å². The minimum atomic E-state index is -4.00. The van der Waals surface area contributed by atoms with E-state index < -0.39 is 18.2 Å². The van der Waals surface area contributed by atoms with E-state index in [1.54, 1.807) is 30.1 Å². The van der Waals surface area contributed by atoms with Gasteiger partial charge in [0.25, 0.3) is 6.47 Å². The lowest BCUT2D eigenvalue weighted by molar-refractivity contribution is -0.123. The molecular weight excluding hydrogens is 677 g/mol. The predicted molar refractivity (Wildman–Crippen MR) is 187 cm³/mol. The van der Waals surface area contributed by atoms with Gasteiger partial charge >= 0.3 is 6.18 Å². The number of halogens is 5. The third-order valence-electron chi connectivity index (χ3n) is 8.91. The van der Waals surface area contributed by atoms with Crippen LogP contribution in [0.5, 0.6) is 0 Å². The summed E-state index contributed by atoms with van der Waals surface area (Å²) in [7, 11) is 4.08. The van der Waals surface area contributed by atoms with Gasteiger partial charge in [0.1, 0.15) is 17.8 Å². The van der Waals surface area contributed by atoms with Crippen LogP contribution in [0.15, 0.2) is 71.6 Å². The third-order valence-corrected chi connectivity index (χ3v) is 9.86. The first-order chi connectivity index (χ1) is 23.7. The highest BCUT2D eigenvalue weighted by Gasteiger charge is 2.38. The summed E-state index contributed by atoms with van der Waals surface area (Å²) in [6.07, 6.45) is -2.06. The molecule has 270 valence electrons. The molecule has 4 aromatic rings. The molecule has 0 radical (unpaired) electrons. The average molecular weight is 720 g/mol. The van der Waals surface area contributed by atoms with E-state index in [1.807, 2.05) is 21.0 Å². The number of hydrogen-bond acceptors (Lipinski definition) is 6. The second kappa shape index (κ2) is 17.2. The maximum absolute atomic E-state index is 14.3. The molecule has 50 heavy (non-hydrogen) atoms. The Kier molecular flexibility index (Phi) is 13.3. The van der Waals surface area contributed by atoms with E-state index in [2.05, 4.69) is 66.5 Å². The summed E-state index contributed by atoms with van der Waals surface area (Å²) >= 11 is 1.65. The van der Waals surface area contributed by atoms with Gasteiger partial charge in [-0.2, -0.15) is 13.2 Å². The quantitative estimate of drug-likeness (QED) is 0.113. The first-order valence-electron chi connectivity index (χ1n) is 16.2. The predicted octanol–water partition coefficient (Wildman–Crippen LogP) is 8.37. The molecule has 14 heteroatoms. The zero-order valence-corrected chi connectivity index (χ0v) is 29.1. The van der Waals surface area contributed by atoms with Gasteiger partial charge in [-0.05, 0) is 98.5 Å². The summed E-state index contributed by atoms with van der Waals surface area (Å²) in [5.41, 5.74) is 4.55. The number of hydrogen-bond donors (Lipinski definition) is 2. The minimum absolute atomic E-state index is 0.115. The summed E-state index contributed by atoms with van der Waals surface area (Å²) < 4.78 is 63.7. The van der Waals surface area contributed by atoms with Crippen molar-refractivity contribution in [2.75, 3.05) is 29.8 Å². The van der Waals surface area contributed by atoms with E-state index in [9.17, 15) is 26.7 Å². The van der Waals surface area contributed by atoms with E-state index in [-0.39, 0.29) is 42.9 Å². The van der Waals surface area contributed by atoms with Crippen LogP contribution in [0.1, 0.15) is 49.9 Å². The number of carbonyl (C=O) groups excluding carboxylic acids is 1. The van der Waals surface area contributed by atoms with E-state index in [4.69, 9.17) is 9.90 Å². The molecule has 8 nitrogen and oxygen atoms in total. The number of carbonyl (C=O) groups is 2. The largest absolute Gasteiger partial charge is 0.483 e. The molecule has 4 atom stereocenters. The second-order valence-electron chi connectivity index (χ2n) is 12.5. The molecule has 4 unspecified atom stereocenters. The Bertz CT molecular complexity index is 1730. The zero-order chi connectivity index (χ0) is 36.6. The Labute approximate surface area is 292 Å². The monoisotopic (exact) mass is 719 g/mol. The van der Waals surface area contributed by atoms with Crippen LogP contribution >= 0.6 is 11.9 Å². The van der Waals surface area contributed by atoms with Crippen LogP contribution in [0.2, 0.25) is 0 Å². The number of benzene rings is 3. The molecule has 0 spiro atoms. The molecule has 3 aromatic carbocycles. The van der Waals surface area contributed by atoms with Crippen molar-refractivity contribution >= 4 is 46.7 Å². The summed E-state index contributed by atoms with van der Waals surface area (Å²) in [6.45, 7) is 3.08. The van der Waals surface area contributed by atoms with Gasteiger partial charge in [0.2, 0.25) is 5.91 Å². The summed E-state index contributed by atoms with van der Waals surface area (Å²) in [6, 6.07) is 21.3. The maximum atomic E-state index is 14.3. The van der Waals surface area contributed by atoms with Crippen molar-refractivity contribution in [2.24, 2.45) is 13.0 Å². The van der Waals surface area contributed by atoms with E-state index in [0.717, 1.165) is 33.9 Å². The lowest BCUT2D eigenvalue weighted by Crippen LogP contribution is -2.42. The van der Waals surface area contributed by atoms with Crippen molar-refractivity contribution in [3.05, 3.63) is 83.9 Å². The first-order valence-corrected chi connectivity index (χ1v) is 17.0. The Morgan fingerprint density at radius 1 is 1.08 bits per heavy atom. The van der Waals surface area contributed by atoms with Crippen LogP contribution in [-0.4, -0.2) is 70.5 Å². The number of carboxylic acid groups (broad SMARTS) is 1. The van der Waals surface area contributed by atoms with Gasteiger partial charge in [-0.25, -0.2) is 13.8 Å². The fourth-order valence-electron chi connectivity index (χ4n) is 6.47. The van der Waals surface area contributed by atoms with Crippen LogP contribution in [0, 0.1) is 18.7 Å². The van der Waals surface area contributed by atoms with E-state index in [0.29, 0.717) is 32.4 Å². The van der Waals surface area contributed by atoms with Crippen LogP contribution in [0.25, 0.3) is 11.0 Å². The number of likely N-dealkylation sites (tertiary alicyclic amines) is 1. The molecule has 1 saturated carbocycles. The topological polar surface area (TPSA) is 90.7 Å².